The Morgan fingerprint density at radius 3 is 1.93 bits per heavy atom. The summed E-state index contributed by atoms with van der Waals surface area (Å²) in [5.41, 5.74) is 2.94. The number of carbonyl (C=O) groups excluding carboxylic acids is 1. The molecule has 0 saturated carbocycles. The number of hydrogen-bond donors (Lipinski definition) is 1. The zero-order chi connectivity index (χ0) is 22.0. The molecule has 0 radical (unpaired) electrons. The van der Waals surface area contributed by atoms with Gasteiger partial charge in [0.25, 0.3) is 0 Å². The summed E-state index contributed by atoms with van der Waals surface area (Å²) in [6.45, 7) is 5.11. The number of sulfone groups is 1. The lowest BCUT2D eigenvalue weighted by Gasteiger charge is -2.24. The molecule has 2 rings (SSSR count). The number of benzene rings is 2. The summed E-state index contributed by atoms with van der Waals surface area (Å²) in [5, 5.41) is 2.76. The van der Waals surface area contributed by atoms with Crippen LogP contribution in [0.15, 0.2) is 47.4 Å². The molecule has 0 aromatic heterocycles. The van der Waals surface area contributed by atoms with E-state index in [0.717, 1.165) is 27.9 Å². The van der Waals surface area contributed by atoms with Gasteiger partial charge >= 0.3 is 0 Å². The van der Waals surface area contributed by atoms with Crippen LogP contribution in [-0.2, 0) is 24.7 Å². The van der Waals surface area contributed by atoms with Crippen LogP contribution in [-0.4, -0.2) is 41.8 Å². The minimum absolute atomic E-state index is 0.192. The fraction of sp³-hybridized carbons (Fsp3) is 0.350. The number of nitrogens with one attached hydrogen (secondary N) is 1. The number of rotatable bonds is 7. The number of nitrogens with zero attached hydrogens (tertiary/aromatic N) is 1. The third kappa shape index (κ3) is 6.30. The highest BCUT2D eigenvalue weighted by molar-refractivity contribution is 7.92. The van der Waals surface area contributed by atoms with Gasteiger partial charge in [-0.15, -0.1) is 0 Å². The number of sulfonamides is 1. The summed E-state index contributed by atoms with van der Waals surface area (Å²) < 4.78 is 48.7. The Morgan fingerprint density at radius 1 is 0.966 bits per heavy atom. The van der Waals surface area contributed by atoms with Crippen molar-refractivity contribution in [1.82, 2.24) is 5.32 Å². The van der Waals surface area contributed by atoms with Crippen molar-refractivity contribution in [3.63, 3.8) is 0 Å². The summed E-state index contributed by atoms with van der Waals surface area (Å²) in [5.74, 6) is -0.464. The summed E-state index contributed by atoms with van der Waals surface area (Å²) in [6, 6.07) is 11.1. The van der Waals surface area contributed by atoms with Gasteiger partial charge in [-0.1, -0.05) is 18.2 Å². The molecule has 1 N–H and O–H groups in total. The molecule has 0 aliphatic heterocycles. The van der Waals surface area contributed by atoms with Crippen molar-refractivity contribution in [2.24, 2.45) is 0 Å². The van der Waals surface area contributed by atoms with E-state index in [1.165, 1.54) is 12.1 Å². The average molecular weight is 439 g/mol. The van der Waals surface area contributed by atoms with Crippen molar-refractivity contribution in [3.8, 4) is 0 Å². The largest absolute Gasteiger partial charge is 0.348 e. The van der Waals surface area contributed by atoms with Gasteiger partial charge in [-0.2, -0.15) is 0 Å². The smallest absolute Gasteiger partial charge is 0.241 e. The fourth-order valence-electron chi connectivity index (χ4n) is 3.00. The van der Waals surface area contributed by atoms with Crippen LogP contribution in [0.5, 0.6) is 0 Å². The second kappa shape index (κ2) is 8.54. The summed E-state index contributed by atoms with van der Waals surface area (Å²) >= 11 is 0. The number of anilines is 1. The van der Waals surface area contributed by atoms with E-state index in [1.807, 2.05) is 19.9 Å². The molecule has 1 atom stereocenters. The predicted molar refractivity (Wildman–Crippen MR) is 114 cm³/mol. The molecule has 0 aliphatic rings. The molecule has 1 amide bonds. The first-order valence-electron chi connectivity index (χ1n) is 8.93. The maximum absolute atomic E-state index is 12.5. The maximum Gasteiger partial charge on any atom is 0.241 e. The van der Waals surface area contributed by atoms with Crippen LogP contribution >= 0.6 is 0 Å². The molecule has 0 spiro atoms. The van der Waals surface area contributed by atoms with Gasteiger partial charge in [0.15, 0.2) is 9.84 Å². The second-order valence-corrected chi connectivity index (χ2v) is 11.2. The van der Waals surface area contributed by atoms with E-state index in [2.05, 4.69) is 5.32 Å². The van der Waals surface area contributed by atoms with Gasteiger partial charge in [-0.3, -0.25) is 9.10 Å². The van der Waals surface area contributed by atoms with Crippen molar-refractivity contribution < 1.29 is 21.6 Å². The first-order chi connectivity index (χ1) is 13.3. The zero-order valence-electron chi connectivity index (χ0n) is 17.1. The monoisotopic (exact) mass is 438 g/mol. The average Bonchev–Trinajstić information content (AvgIpc) is 2.57. The Bertz CT molecular complexity index is 1090. The van der Waals surface area contributed by atoms with E-state index in [1.54, 1.807) is 31.2 Å². The predicted octanol–water partition coefficient (Wildman–Crippen LogP) is 2.35. The van der Waals surface area contributed by atoms with Gasteiger partial charge in [-0.05, 0) is 61.7 Å². The highest BCUT2D eigenvalue weighted by atomic mass is 32.2. The van der Waals surface area contributed by atoms with Gasteiger partial charge in [0, 0.05) is 6.26 Å². The highest BCUT2D eigenvalue weighted by Crippen LogP contribution is 2.22. The SMILES string of the molecule is Cc1cc(C)cc(N(CC(=O)NC(C)c2ccc(S(C)(=O)=O)cc2)S(C)(=O)=O)c1. The first-order valence-corrected chi connectivity index (χ1v) is 12.7. The van der Waals surface area contributed by atoms with Crippen molar-refractivity contribution in [2.75, 3.05) is 23.4 Å². The normalized spacial score (nSPS) is 13.0. The van der Waals surface area contributed by atoms with Crippen molar-refractivity contribution in [2.45, 2.75) is 31.7 Å². The molecule has 29 heavy (non-hydrogen) atoms. The Balaban J connectivity index is 2.18. The minimum Gasteiger partial charge on any atom is -0.348 e. The minimum atomic E-state index is -3.66. The molecule has 9 heteroatoms. The van der Waals surface area contributed by atoms with E-state index in [9.17, 15) is 21.6 Å². The third-order valence-electron chi connectivity index (χ3n) is 4.37. The molecule has 0 bridgehead atoms. The van der Waals surface area contributed by atoms with Crippen LogP contribution in [0.25, 0.3) is 0 Å². The molecule has 0 fully saturated rings. The molecule has 7 nitrogen and oxygen atoms in total. The Hall–Kier alpha value is -2.39. The first kappa shape index (κ1) is 22.9. The van der Waals surface area contributed by atoms with E-state index >= 15 is 0 Å². The van der Waals surface area contributed by atoms with Crippen LogP contribution in [0.3, 0.4) is 0 Å². The van der Waals surface area contributed by atoms with E-state index < -0.39 is 31.8 Å². The Kier molecular flexibility index (Phi) is 6.74. The zero-order valence-corrected chi connectivity index (χ0v) is 18.8. The number of carbonyl (C=O) groups is 1. The van der Waals surface area contributed by atoms with Gasteiger partial charge in [0.05, 0.1) is 22.9 Å². The lowest BCUT2D eigenvalue weighted by atomic mass is 10.1. The quantitative estimate of drug-likeness (QED) is 0.715. The number of aryl methyl sites for hydroxylation is 2. The summed E-state index contributed by atoms with van der Waals surface area (Å²) in [4.78, 5) is 12.7. The molecule has 1 unspecified atom stereocenters. The van der Waals surface area contributed by atoms with Gasteiger partial charge < -0.3 is 5.32 Å². The Labute approximate surface area is 172 Å². The summed E-state index contributed by atoms with van der Waals surface area (Å²) in [6.07, 6.45) is 2.19. The molecule has 2 aromatic rings. The lowest BCUT2D eigenvalue weighted by molar-refractivity contribution is -0.120. The van der Waals surface area contributed by atoms with E-state index in [0.29, 0.717) is 11.3 Å². The van der Waals surface area contributed by atoms with Gasteiger partial charge in [-0.25, -0.2) is 16.8 Å². The third-order valence-corrected chi connectivity index (χ3v) is 6.64. The fourth-order valence-corrected chi connectivity index (χ4v) is 4.47. The molecular formula is C20H26N2O5S2. The van der Waals surface area contributed by atoms with Crippen molar-refractivity contribution in [3.05, 3.63) is 59.2 Å². The van der Waals surface area contributed by atoms with Crippen molar-refractivity contribution >= 4 is 31.5 Å². The molecule has 0 heterocycles. The maximum atomic E-state index is 12.5. The Morgan fingerprint density at radius 2 is 1.48 bits per heavy atom. The van der Waals surface area contributed by atoms with Crippen LogP contribution < -0.4 is 9.62 Å². The van der Waals surface area contributed by atoms with Crippen LogP contribution in [0.1, 0.15) is 29.7 Å². The van der Waals surface area contributed by atoms with Crippen LogP contribution in [0.4, 0.5) is 5.69 Å². The van der Waals surface area contributed by atoms with Crippen molar-refractivity contribution in [1.29, 1.82) is 0 Å². The van der Waals surface area contributed by atoms with E-state index in [4.69, 9.17) is 0 Å². The summed E-state index contributed by atoms with van der Waals surface area (Å²) in [7, 11) is -6.96. The standard InChI is InChI=1S/C20H26N2O5S2/c1-14-10-15(2)12-18(11-14)22(29(5,26)27)13-20(23)21-16(3)17-6-8-19(9-7-17)28(4,24)25/h6-12,16H,13H2,1-5H3,(H,21,23). The van der Waals surface area contributed by atoms with E-state index in [-0.39, 0.29) is 11.4 Å². The molecule has 158 valence electrons. The highest BCUT2D eigenvalue weighted by Gasteiger charge is 2.22. The van der Waals surface area contributed by atoms with Crippen LogP contribution in [0.2, 0.25) is 0 Å². The second-order valence-electron chi connectivity index (χ2n) is 7.25. The molecule has 0 aliphatic carbocycles. The number of hydrogen-bond acceptors (Lipinski definition) is 5. The van der Waals surface area contributed by atoms with Gasteiger partial charge in [0.1, 0.15) is 6.54 Å². The van der Waals surface area contributed by atoms with Crippen LogP contribution in [0, 0.1) is 13.8 Å². The lowest BCUT2D eigenvalue weighted by Crippen LogP contribution is -2.41. The number of amides is 1. The molecule has 2 aromatic carbocycles. The topological polar surface area (TPSA) is 101 Å². The molecule has 0 saturated heterocycles. The van der Waals surface area contributed by atoms with Gasteiger partial charge in [0.2, 0.25) is 15.9 Å². The molecular weight excluding hydrogens is 412 g/mol.